The fourth-order valence-corrected chi connectivity index (χ4v) is 2.72. The van der Waals surface area contributed by atoms with Gasteiger partial charge in [-0.3, -0.25) is 0 Å². The van der Waals surface area contributed by atoms with Crippen molar-refractivity contribution >= 4 is 11.7 Å². The minimum Gasteiger partial charge on any atom is -0.493 e. The molecule has 0 spiro atoms. The molecule has 0 radical (unpaired) electrons. The first kappa shape index (κ1) is 17.9. The van der Waals surface area contributed by atoms with E-state index in [0.29, 0.717) is 17.9 Å². The maximum atomic E-state index is 11.3. The van der Waals surface area contributed by atoms with Gasteiger partial charge in [0.25, 0.3) is 0 Å². The molecule has 0 aromatic heterocycles. The number of carboxylic acids is 1. The summed E-state index contributed by atoms with van der Waals surface area (Å²) >= 11 is 0. The second-order valence-corrected chi connectivity index (χ2v) is 6.01. The Hall–Kier alpha value is -2.49. The summed E-state index contributed by atoms with van der Waals surface area (Å²) in [5.74, 6) is 0.0667. The molecule has 0 aliphatic carbocycles. The van der Waals surface area contributed by atoms with Gasteiger partial charge in [0.2, 0.25) is 0 Å². The number of carbonyl (C=O) groups is 1. The Bertz CT molecular complexity index is 690. The van der Waals surface area contributed by atoms with Crippen LogP contribution in [-0.4, -0.2) is 24.2 Å². The summed E-state index contributed by atoms with van der Waals surface area (Å²) in [5.41, 5.74) is 4.28. The molecule has 0 aliphatic heterocycles. The molecule has 0 amide bonds. The van der Waals surface area contributed by atoms with Gasteiger partial charge in [0.05, 0.1) is 17.9 Å². The first-order valence-electron chi connectivity index (χ1n) is 8.26. The Morgan fingerprint density at radius 3 is 2.29 bits per heavy atom. The molecule has 2 aromatic rings. The van der Waals surface area contributed by atoms with E-state index in [1.165, 1.54) is 0 Å². The van der Waals surface area contributed by atoms with Crippen LogP contribution in [0.1, 0.15) is 39.9 Å². The lowest BCUT2D eigenvalue weighted by Crippen LogP contribution is -2.10. The lowest BCUT2D eigenvalue weighted by atomic mass is 10.1. The summed E-state index contributed by atoms with van der Waals surface area (Å²) in [4.78, 5) is 11.3. The van der Waals surface area contributed by atoms with Crippen molar-refractivity contribution in [3.05, 3.63) is 58.7 Å². The number of aryl methyl sites for hydroxylation is 3. The fourth-order valence-electron chi connectivity index (χ4n) is 2.72. The largest absolute Gasteiger partial charge is 0.493 e. The topological polar surface area (TPSA) is 58.6 Å². The molecule has 128 valence electrons. The molecule has 0 aliphatic rings. The highest BCUT2D eigenvalue weighted by Gasteiger charge is 2.11. The first-order valence-corrected chi connectivity index (χ1v) is 8.26. The second kappa shape index (κ2) is 8.39. The minimum atomic E-state index is -0.903. The van der Waals surface area contributed by atoms with Gasteiger partial charge in [-0.15, -0.1) is 0 Å². The maximum absolute atomic E-state index is 11.3. The molecule has 0 unspecified atom stereocenters. The Morgan fingerprint density at radius 2 is 1.62 bits per heavy atom. The van der Waals surface area contributed by atoms with Crippen LogP contribution in [0.5, 0.6) is 5.75 Å². The van der Waals surface area contributed by atoms with Gasteiger partial charge in [-0.25, -0.2) is 4.79 Å². The summed E-state index contributed by atoms with van der Waals surface area (Å²) in [6.07, 6.45) is 1.83. The van der Waals surface area contributed by atoms with Crippen molar-refractivity contribution < 1.29 is 14.6 Å². The average molecular weight is 327 g/mol. The molecule has 2 N–H and O–H groups in total. The van der Waals surface area contributed by atoms with E-state index < -0.39 is 5.97 Å². The van der Waals surface area contributed by atoms with Gasteiger partial charge < -0.3 is 15.2 Å². The number of rotatable bonds is 8. The standard InChI is InChI=1S/C20H25NO3/c1-14-8-7-11-17(20(22)23)18(14)21-12-4-5-13-24-19-15(2)9-6-10-16(19)3/h6-11,21H,4-5,12-13H2,1-3H3,(H,22,23). The van der Waals surface area contributed by atoms with Crippen molar-refractivity contribution in [1.29, 1.82) is 0 Å². The van der Waals surface area contributed by atoms with E-state index in [2.05, 4.69) is 31.3 Å². The number of hydrogen-bond acceptors (Lipinski definition) is 3. The summed E-state index contributed by atoms with van der Waals surface area (Å²) < 4.78 is 5.88. The van der Waals surface area contributed by atoms with Gasteiger partial charge >= 0.3 is 5.97 Å². The molecule has 0 heterocycles. The van der Waals surface area contributed by atoms with Crippen LogP contribution >= 0.6 is 0 Å². The lowest BCUT2D eigenvalue weighted by molar-refractivity contribution is 0.0698. The molecule has 24 heavy (non-hydrogen) atoms. The average Bonchev–Trinajstić information content (AvgIpc) is 2.54. The van der Waals surface area contributed by atoms with Crippen LogP contribution in [0.3, 0.4) is 0 Å². The molecule has 0 saturated carbocycles. The van der Waals surface area contributed by atoms with Gasteiger partial charge in [0.1, 0.15) is 5.75 Å². The molecule has 2 rings (SSSR count). The van der Waals surface area contributed by atoms with E-state index in [-0.39, 0.29) is 0 Å². The van der Waals surface area contributed by atoms with Crippen LogP contribution in [0.4, 0.5) is 5.69 Å². The minimum absolute atomic E-state index is 0.321. The molecular formula is C20H25NO3. The molecule has 4 heteroatoms. The molecule has 0 saturated heterocycles. The predicted molar refractivity (Wildman–Crippen MR) is 97.3 cm³/mol. The van der Waals surface area contributed by atoms with Crippen molar-refractivity contribution in [1.82, 2.24) is 0 Å². The highest BCUT2D eigenvalue weighted by Crippen LogP contribution is 2.23. The Kier molecular flexibility index (Phi) is 6.24. The molecule has 4 nitrogen and oxygen atoms in total. The number of hydrogen-bond donors (Lipinski definition) is 2. The van der Waals surface area contributed by atoms with Crippen molar-refractivity contribution in [2.45, 2.75) is 33.6 Å². The Labute approximate surface area is 143 Å². The number of benzene rings is 2. The summed E-state index contributed by atoms with van der Waals surface area (Å²) in [5, 5.41) is 12.5. The first-order chi connectivity index (χ1) is 11.5. The fraction of sp³-hybridized carbons (Fsp3) is 0.350. The van der Waals surface area contributed by atoms with E-state index in [9.17, 15) is 9.90 Å². The molecule has 0 bridgehead atoms. The Morgan fingerprint density at radius 1 is 1.00 bits per heavy atom. The normalized spacial score (nSPS) is 10.5. The highest BCUT2D eigenvalue weighted by molar-refractivity contribution is 5.95. The maximum Gasteiger partial charge on any atom is 0.337 e. The smallest absolute Gasteiger partial charge is 0.337 e. The predicted octanol–water partition coefficient (Wildman–Crippen LogP) is 4.58. The number of unbranched alkanes of at least 4 members (excludes halogenated alkanes) is 1. The van der Waals surface area contributed by atoms with E-state index in [1.54, 1.807) is 12.1 Å². The third-order valence-electron chi connectivity index (χ3n) is 4.03. The highest BCUT2D eigenvalue weighted by atomic mass is 16.5. The van der Waals surface area contributed by atoms with E-state index >= 15 is 0 Å². The van der Waals surface area contributed by atoms with Crippen LogP contribution < -0.4 is 10.1 Å². The molecular weight excluding hydrogens is 302 g/mol. The van der Waals surface area contributed by atoms with Gasteiger partial charge in [-0.1, -0.05) is 30.3 Å². The van der Waals surface area contributed by atoms with Crippen molar-refractivity contribution in [2.24, 2.45) is 0 Å². The number of carboxylic acid groups (broad SMARTS) is 1. The van der Waals surface area contributed by atoms with Crippen LogP contribution in [0, 0.1) is 20.8 Å². The third kappa shape index (κ3) is 4.51. The van der Waals surface area contributed by atoms with Crippen LogP contribution in [0.15, 0.2) is 36.4 Å². The zero-order valence-corrected chi connectivity index (χ0v) is 14.6. The lowest BCUT2D eigenvalue weighted by Gasteiger charge is -2.14. The number of anilines is 1. The van der Waals surface area contributed by atoms with Crippen molar-refractivity contribution in [2.75, 3.05) is 18.5 Å². The van der Waals surface area contributed by atoms with E-state index in [4.69, 9.17) is 4.74 Å². The van der Waals surface area contributed by atoms with Gasteiger partial charge in [-0.05, 0) is 56.4 Å². The van der Waals surface area contributed by atoms with Crippen molar-refractivity contribution in [3.63, 3.8) is 0 Å². The zero-order valence-electron chi connectivity index (χ0n) is 14.6. The Balaban J connectivity index is 1.79. The van der Waals surface area contributed by atoms with Gasteiger partial charge in [0, 0.05) is 6.54 Å². The SMILES string of the molecule is Cc1cccc(C(=O)O)c1NCCCCOc1c(C)cccc1C. The number of ether oxygens (including phenoxy) is 1. The third-order valence-corrected chi connectivity index (χ3v) is 4.03. The number of nitrogens with one attached hydrogen (secondary N) is 1. The van der Waals surface area contributed by atoms with Gasteiger partial charge in [0.15, 0.2) is 0 Å². The van der Waals surface area contributed by atoms with Crippen LogP contribution in [0.25, 0.3) is 0 Å². The molecule has 2 aromatic carbocycles. The van der Waals surface area contributed by atoms with Gasteiger partial charge in [-0.2, -0.15) is 0 Å². The van der Waals surface area contributed by atoms with E-state index in [1.807, 2.05) is 19.1 Å². The number of para-hydroxylation sites is 2. The molecule has 0 atom stereocenters. The van der Waals surface area contributed by atoms with E-state index in [0.717, 1.165) is 41.8 Å². The molecule has 0 fully saturated rings. The monoisotopic (exact) mass is 327 g/mol. The number of aromatic carboxylic acids is 1. The van der Waals surface area contributed by atoms with Crippen molar-refractivity contribution in [3.8, 4) is 5.75 Å². The summed E-state index contributed by atoms with van der Waals surface area (Å²) in [6, 6.07) is 11.4. The quantitative estimate of drug-likeness (QED) is 0.697. The second-order valence-electron chi connectivity index (χ2n) is 6.01. The van der Waals surface area contributed by atoms with Crippen LogP contribution in [0.2, 0.25) is 0 Å². The summed E-state index contributed by atoms with van der Waals surface area (Å²) in [7, 11) is 0. The van der Waals surface area contributed by atoms with Crippen LogP contribution in [-0.2, 0) is 0 Å². The zero-order chi connectivity index (χ0) is 17.5. The summed E-state index contributed by atoms with van der Waals surface area (Å²) in [6.45, 7) is 7.40.